The van der Waals surface area contributed by atoms with Crippen LogP contribution in [0, 0.1) is 10.7 Å². The number of nitrogens with zero attached hydrogens (tertiary/aromatic N) is 4. The van der Waals surface area contributed by atoms with Gasteiger partial charge in [0.25, 0.3) is 0 Å². The second kappa shape index (κ2) is 7.72. The van der Waals surface area contributed by atoms with Crippen LogP contribution in [0.15, 0.2) is 17.5 Å². The van der Waals surface area contributed by atoms with Crippen molar-refractivity contribution in [1.82, 2.24) is 19.2 Å². The standard InChI is InChI=1S/C19H28N4S2/c1-21(13-15-9-10-15)14-22-19(24)23(16-6-3-2-4-7-16)18(20-22)12-17-8-5-11-25-17/h5,8,11,15-16H,2-4,6-7,9-10,12-14H2,1H3. The Hall–Kier alpha value is -0.980. The highest BCUT2D eigenvalue weighted by Gasteiger charge is 2.25. The molecule has 4 nitrogen and oxygen atoms in total. The highest BCUT2D eigenvalue weighted by atomic mass is 32.1. The number of hydrogen-bond donors (Lipinski definition) is 0. The molecule has 2 fully saturated rings. The van der Waals surface area contributed by atoms with Crippen LogP contribution in [0.25, 0.3) is 0 Å². The van der Waals surface area contributed by atoms with Crippen LogP contribution < -0.4 is 0 Å². The summed E-state index contributed by atoms with van der Waals surface area (Å²) in [7, 11) is 2.19. The zero-order valence-electron chi connectivity index (χ0n) is 15.1. The summed E-state index contributed by atoms with van der Waals surface area (Å²) in [5.74, 6) is 2.05. The van der Waals surface area contributed by atoms with E-state index < -0.39 is 0 Å². The molecule has 4 rings (SSSR count). The highest BCUT2D eigenvalue weighted by Crippen LogP contribution is 2.31. The minimum absolute atomic E-state index is 0.540. The number of aromatic nitrogens is 3. The Labute approximate surface area is 159 Å². The summed E-state index contributed by atoms with van der Waals surface area (Å²) in [6, 6.07) is 4.87. The molecule has 0 unspecified atom stereocenters. The summed E-state index contributed by atoms with van der Waals surface area (Å²) < 4.78 is 5.37. The molecule has 2 heterocycles. The molecule has 2 aliphatic rings. The zero-order chi connectivity index (χ0) is 17.2. The Morgan fingerprint density at radius 2 is 2.04 bits per heavy atom. The second-order valence-corrected chi connectivity index (χ2v) is 9.14. The van der Waals surface area contributed by atoms with Crippen molar-refractivity contribution in [1.29, 1.82) is 0 Å². The Balaban J connectivity index is 1.60. The van der Waals surface area contributed by atoms with Crippen LogP contribution in [0.1, 0.15) is 61.7 Å². The Morgan fingerprint density at radius 1 is 1.24 bits per heavy atom. The van der Waals surface area contributed by atoms with Crippen molar-refractivity contribution in [3.63, 3.8) is 0 Å². The summed E-state index contributed by atoms with van der Waals surface area (Å²) in [6.07, 6.45) is 10.2. The predicted octanol–water partition coefficient (Wildman–Crippen LogP) is 4.87. The van der Waals surface area contributed by atoms with Crippen molar-refractivity contribution in [2.45, 2.75) is 64.1 Å². The molecule has 0 atom stereocenters. The lowest BCUT2D eigenvalue weighted by Crippen LogP contribution is -2.25. The van der Waals surface area contributed by atoms with E-state index in [2.05, 4.69) is 38.7 Å². The SMILES string of the molecule is CN(CC1CC1)Cn1nc(Cc2cccs2)n(C2CCCCC2)c1=S. The van der Waals surface area contributed by atoms with Crippen LogP contribution in [0.5, 0.6) is 0 Å². The van der Waals surface area contributed by atoms with Crippen LogP contribution in [-0.4, -0.2) is 32.8 Å². The molecule has 0 spiro atoms. The first-order valence-electron chi connectivity index (χ1n) is 9.60. The molecule has 0 aromatic carbocycles. The maximum Gasteiger partial charge on any atom is 0.199 e. The smallest absolute Gasteiger partial charge is 0.199 e. The summed E-state index contributed by atoms with van der Waals surface area (Å²) in [4.78, 5) is 3.75. The molecule has 0 N–H and O–H groups in total. The van der Waals surface area contributed by atoms with E-state index in [9.17, 15) is 0 Å². The van der Waals surface area contributed by atoms with Gasteiger partial charge in [0.2, 0.25) is 0 Å². The second-order valence-electron chi connectivity index (χ2n) is 7.74. The fourth-order valence-corrected chi connectivity index (χ4v) is 5.03. The molecule has 0 aliphatic heterocycles. The lowest BCUT2D eigenvalue weighted by molar-refractivity contribution is 0.241. The van der Waals surface area contributed by atoms with E-state index in [4.69, 9.17) is 17.3 Å². The quantitative estimate of drug-likeness (QED) is 0.645. The van der Waals surface area contributed by atoms with Crippen molar-refractivity contribution in [2.75, 3.05) is 13.6 Å². The molecule has 0 radical (unpaired) electrons. The lowest BCUT2D eigenvalue weighted by Gasteiger charge is -2.24. The van der Waals surface area contributed by atoms with Gasteiger partial charge in [0, 0.05) is 23.9 Å². The van der Waals surface area contributed by atoms with E-state index in [1.54, 1.807) is 0 Å². The molecule has 0 saturated heterocycles. The summed E-state index contributed by atoms with van der Waals surface area (Å²) in [5, 5.41) is 7.12. The van der Waals surface area contributed by atoms with Crippen LogP contribution in [-0.2, 0) is 13.1 Å². The van der Waals surface area contributed by atoms with Gasteiger partial charge in [-0.2, -0.15) is 5.10 Å². The van der Waals surface area contributed by atoms with Gasteiger partial charge < -0.3 is 4.57 Å². The van der Waals surface area contributed by atoms with Gasteiger partial charge in [0.1, 0.15) is 5.82 Å². The molecule has 136 valence electrons. The van der Waals surface area contributed by atoms with Gasteiger partial charge >= 0.3 is 0 Å². The van der Waals surface area contributed by atoms with E-state index in [0.29, 0.717) is 6.04 Å². The van der Waals surface area contributed by atoms with Gasteiger partial charge in [-0.05, 0) is 62.3 Å². The first-order valence-corrected chi connectivity index (χ1v) is 10.9. The van der Waals surface area contributed by atoms with Gasteiger partial charge in [-0.1, -0.05) is 25.3 Å². The van der Waals surface area contributed by atoms with Gasteiger partial charge in [-0.3, -0.25) is 4.90 Å². The number of thiophene rings is 1. The molecule has 2 aromatic heterocycles. The maximum absolute atomic E-state index is 5.88. The molecule has 6 heteroatoms. The van der Waals surface area contributed by atoms with Crippen LogP contribution >= 0.6 is 23.6 Å². The maximum atomic E-state index is 5.88. The van der Waals surface area contributed by atoms with Crippen LogP contribution in [0.2, 0.25) is 0 Å². The van der Waals surface area contributed by atoms with E-state index >= 15 is 0 Å². The normalized spacial score (nSPS) is 19.0. The first-order chi connectivity index (χ1) is 12.2. The van der Waals surface area contributed by atoms with Crippen LogP contribution in [0.3, 0.4) is 0 Å². The monoisotopic (exact) mass is 376 g/mol. The molecule has 25 heavy (non-hydrogen) atoms. The minimum Gasteiger partial charge on any atom is -0.301 e. The highest BCUT2D eigenvalue weighted by molar-refractivity contribution is 7.71. The average Bonchev–Trinajstić information content (AvgIpc) is 3.16. The first kappa shape index (κ1) is 17.4. The predicted molar refractivity (Wildman–Crippen MR) is 106 cm³/mol. The Morgan fingerprint density at radius 3 is 2.72 bits per heavy atom. The largest absolute Gasteiger partial charge is 0.301 e. The molecular formula is C19H28N4S2. The van der Waals surface area contributed by atoms with Gasteiger partial charge in [-0.25, -0.2) is 4.68 Å². The van der Waals surface area contributed by atoms with E-state index in [1.165, 1.54) is 49.8 Å². The fraction of sp³-hybridized carbons (Fsp3) is 0.684. The van der Waals surface area contributed by atoms with Gasteiger partial charge in [0.05, 0.1) is 6.67 Å². The minimum atomic E-state index is 0.540. The summed E-state index contributed by atoms with van der Waals surface area (Å²) in [6.45, 7) is 1.98. The van der Waals surface area contributed by atoms with Gasteiger partial charge in [0.15, 0.2) is 4.77 Å². The van der Waals surface area contributed by atoms with Crippen LogP contribution in [0.4, 0.5) is 0 Å². The third kappa shape index (κ3) is 4.23. The summed E-state index contributed by atoms with van der Waals surface area (Å²) in [5.41, 5.74) is 0. The Bertz CT molecular complexity index is 736. The third-order valence-electron chi connectivity index (χ3n) is 5.44. The number of hydrogen-bond acceptors (Lipinski definition) is 4. The third-order valence-corrected chi connectivity index (χ3v) is 6.72. The number of rotatable bonds is 7. The topological polar surface area (TPSA) is 26.0 Å². The molecule has 2 aromatic rings. The van der Waals surface area contributed by atoms with Crippen molar-refractivity contribution in [3.8, 4) is 0 Å². The van der Waals surface area contributed by atoms with Gasteiger partial charge in [-0.15, -0.1) is 11.3 Å². The lowest BCUT2D eigenvalue weighted by atomic mass is 9.95. The van der Waals surface area contributed by atoms with Crippen molar-refractivity contribution >= 4 is 23.6 Å². The van der Waals surface area contributed by atoms with Crippen molar-refractivity contribution < 1.29 is 0 Å². The Kier molecular flexibility index (Phi) is 5.39. The zero-order valence-corrected chi connectivity index (χ0v) is 16.7. The molecule has 0 amide bonds. The van der Waals surface area contributed by atoms with E-state index in [-0.39, 0.29) is 0 Å². The molecule has 2 saturated carbocycles. The van der Waals surface area contributed by atoms with E-state index in [1.807, 2.05) is 11.3 Å². The fourth-order valence-electron chi connectivity index (χ4n) is 3.98. The summed E-state index contributed by atoms with van der Waals surface area (Å²) >= 11 is 7.69. The molecular weight excluding hydrogens is 348 g/mol. The van der Waals surface area contributed by atoms with Crippen molar-refractivity contribution in [3.05, 3.63) is 33.0 Å². The average molecular weight is 377 g/mol. The van der Waals surface area contributed by atoms with E-state index in [0.717, 1.165) is 36.1 Å². The van der Waals surface area contributed by atoms with Crippen molar-refractivity contribution in [2.24, 2.45) is 5.92 Å². The molecule has 0 bridgehead atoms. The molecule has 2 aliphatic carbocycles.